The Bertz CT molecular complexity index is 830. The first-order chi connectivity index (χ1) is 14.4. The van der Waals surface area contributed by atoms with Crippen LogP contribution < -0.4 is 14.8 Å². The van der Waals surface area contributed by atoms with Gasteiger partial charge in [0.15, 0.2) is 18.1 Å². The van der Waals surface area contributed by atoms with Crippen LogP contribution in [-0.2, 0) is 23.9 Å². The molecule has 2 fully saturated rings. The second kappa shape index (κ2) is 9.15. The molecule has 0 radical (unpaired) electrons. The molecule has 1 aromatic carbocycles. The van der Waals surface area contributed by atoms with Gasteiger partial charge in [-0.15, -0.1) is 0 Å². The molecule has 9 heteroatoms. The molecule has 1 aromatic rings. The van der Waals surface area contributed by atoms with Gasteiger partial charge < -0.3 is 19.5 Å². The van der Waals surface area contributed by atoms with Crippen LogP contribution in [0.5, 0.6) is 11.5 Å². The first-order valence-corrected chi connectivity index (χ1v) is 9.92. The predicted octanol–water partition coefficient (Wildman–Crippen LogP) is 1.75. The Morgan fingerprint density at radius 1 is 1.07 bits per heavy atom. The molecule has 0 unspecified atom stereocenters. The van der Waals surface area contributed by atoms with Crippen molar-refractivity contribution in [1.29, 1.82) is 0 Å². The first kappa shape index (κ1) is 21.6. The SMILES string of the molecule is COc1ccc(NC(=O)COC(=O)[C@H](C)N2C(=O)[C@H]3CCCC[C@H]3C2=O)cc1OC. The van der Waals surface area contributed by atoms with Crippen molar-refractivity contribution >= 4 is 29.4 Å². The van der Waals surface area contributed by atoms with Gasteiger partial charge in [-0.2, -0.15) is 0 Å². The molecule has 1 aliphatic carbocycles. The Hall–Kier alpha value is -3.10. The summed E-state index contributed by atoms with van der Waals surface area (Å²) in [7, 11) is 2.98. The summed E-state index contributed by atoms with van der Waals surface area (Å²) in [6, 6.07) is 3.76. The van der Waals surface area contributed by atoms with Gasteiger partial charge in [0, 0.05) is 11.8 Å². The predicted molar refractivity (Wildman–Crippen MR) is 106 cm³/mol. The summed E-state index contributed by atoms with van der Waals surface area (Å²) >= 11 is 0. The Kier molecular flexibility index (Phi) is 6.59. The lowest BCUT2D eigenvalue weighted by molar-refractivity contribution is -0.159. The van der Waals surface area contributed by atoms with E-state index in [1.54, 1.807) is 18.2 Å². The summed E-state index contributed by atoms with van der Waals surface area (Å²) in [5.74, 6) is -1.71. The number of amides is 3. The van der Waals surface area contributed by atoms with Gasteiger partial charge in [-0.25, -0.2) is 4.79 Å². The molecule has 2 aliphatic rings. The molecule has 1 aliphatic heterocycles. The lowest BCUT2D eigenvalue weighted by Crippen LogP contribution is -2.45. The van der Waals surface area contributed by atoms with Gasteiger partial charge >= 0.3 is 5.97 Å². The maximum Gasteiger partial charge on any atom is 0.329 e. The number of carbonyl (C=O) groups is 4. The number of imide groups is 1. The molecule has 1 N–H and O–H groups in total. The minimum absolute atomic E-state index is 0.316. The van der Waals surface area contributed by atoms with Crippen molar-refractivity contribution in [2.75, 3.05) is 26.1 Å². The van der Waals surface area contributed by atoms with Gasteiger partial charge in [0.25, 0.3) is 5.91 Å². The number of likely N-dealkylation sites (tertiary alicyclic amines) is 1. The van der Waals surface area contributed by atoms with Crippen LogP contribution in [0.15, 0.2) is 18.2 Å². The lowest BCUT2D eigenvalue weighted by atomic mass is 9.81. The normalized spacial score (nSPS) is 21.6. The molecular formula is C21H26N2O7. The van der Waals surface area contributed by atoms with Crippen LogP contribution in [0.3, 0.4) is 0 Å². The van der Waals surface area contributed by atoms with Crippen LogP contribution in [0.1, 0.15) is 32.6 Å². The largest absolute Gasteiger partial charge is 0.493 e. The van der Waals surface area contributed by atoms with Gasteiger partial charge in [-0.1, -0.05) is 12.8 Å². The van der Waals surface area contributed by atoms with Crippen molar-refractivity contribution in [3.63, 3.8) is 0 Å². The zero-order chi connectivity index (χ0) is 21.8. The van der Waals surface area contributed by atoms with Gasteiger partial charge in [0.2, 0.25) is 11.8 Å². The van der Waals surface area contributed by atoms with E-state index < -0.39 is 24.5 Å². The van der Waals surface area contributed by atoms with Crippen LogP contribution in [0.25, 0.3) is 0 Å². The van der Waals surface area contributed by atoms with E-state index in [0.29, 0.717) is 30.0 Å². The van der Waals surface area contributed by atoms with Gasteiger partial charge in [-0.3, -0.25) is 19.3 Å². The Balaban J connectivity index is 1.55. The number of benzene rings is 1. The number of ether oxygens (including phenoxy) is 3. The molecule has 9 nitrogen and oxygen atoms in total. The number of carbonyl (C=O) groups excluding carboxylic acids is 4. The van der Waals surface area contributed by atoms with E-state index in [1.807, 2.05) is 0 Å². The number of hydrogen-bond acceptors (Lipinski definition) is 7. The second-order valence-electron chi connectivity index (χ2n) is 7.45. The van der Waals surface area contributed by atoms with E-state index in [1.165, 1.54) is 21.1 Å². The average molecular weight is 418 g/mol. The van der Waals surface area contributed by atoms with Crippen LogP contribution in [0, 0.1) is 11.8 Å². The second-order valence-corrected chi connectivity index (χ2v) is 7.45. The maximum atomic E-state index is 12.6. The monoisotopic (exact) mass is 418 g/mol. The summed E-state index contributed by atoms with van der Waals surface area (Å²) in [5.41, 5.74) is 0.440. The molecule has 162 valence electrons. The highest BCUT2D eigenvalue weighted by Crippen LogP contribution is 2.39. The first-order valence-electron chi connectivity index (χ1n) is 9.92. The molecular weight excluding hydrogens is 392 g/mol. The van der Waals surface area contributed by atoms with E-state index in [-0.39, 0.29) is 23.7 Å². The average Bonchev–Trinajstić information content (AvgIpc) is 3.01. The number of esters is 1. The van der Waals surface area contributed by atoms with Gasteiger partial charge in [0.1, 0.15) is 6.04 Å². The fourth-order valence-electron chi connectivity index (χ4n) is 4.04. The minimum atomic E-state index is -1.07. The summed E-state index contributed by atoms with van der Waals surface area (Å²) in [6.45, 7) is 0.905. The summed E-state index contributed by atoms with van der Waals surface area (Å²) in [5, 5.41) is 2.59. The molecule has 0 aromatic heterocycles. The third kappa shape index (κ3) is 4.24. The quantitative estimate of drug-likeness (QED) is 0.530. The summed E-state index contributed by atoms with van der Waals surface area (Å²) in [4.78, 5) is 50.7. The van der Waals surface area contributed by atoms with Crippen molar-refractivity contribution < 1.29 is 33.4 Å². The molecule has 1 saturated heterocycles. The van der Waals surface area contributed by atoms with Crippen molar-refractivity contribution in [1.82, 2.24) is 4.90 Å². The Labute approximate surface area is 174 Å². The van der Waals surface area contributed by atoms with E-state index in [0.717, 1.165) is 17.7 Å². The summed E-state index contributed by atoms with van der Waals surface area (Å²) < 4.78 is 15.4. The highest BCUT2D eigenvalue weighted by Gasteiger charge is 2.51. The molecule has 0 spiro atoms. The summed E-state index contributed by atoms with van der Waals surface area (Å²) in [6.07, 6.45) is 3.15. The number of hydrogen-bond donors (Lipinski definition) is 1. The van der Waals surface area contributed by atoms with E-state index >= 15 is 0 Å². The molecule has 30 heavy (non-hydrogen) atoms. The lowest BCUT2D eigenvalue weighted by Gasteiger charge is -2.21. The van der Waals surface area contributed by atoms with Crippen LogP contribution in [0.2, 0.25) is 0 Å². The topological polar surface area (TPSA) is 111 Å². The van der Waals surface area contributed by atoms with E-state index in [2.05, 4.69) is 5.32 Å². The zero-order valence-electron chi connectivity index (χ0n) is 17.3. The minimum Gasteiger partial charge on any atom is -0.493 e. The smallest absolute Gasteiger partial charge is 0.329 e. The standard InChI is InChI=1S/C21H26N2O7/c1-12(23-19(25)14-6-4-5-7-15(14)20(23)26)21(27)30-11-18(24)22-13-8-9-16(28-2)17(10-13)29-3/h8-10,12,14-15H,4-7,11H2,1-3H3,(H,22,24)/t12-,14-,15+/m0/s1. The molecule has 3 rings (SSSR count). The fourth-order valence-corrected chi connectivity index (χ4v) is 4.04. The molecule has 1 heterocycles. The van der Waals surface area contributed by atoms with E-state index in [9.17, 15) is 19.2 Å². The fraction of sp³-hybridized carbons (Fsp3) is 0.524. The van der Waals surface area contributed by atoms with Gasteiger partial charge in [-0.05, 0) is 31.9 Å². The van der Waals surface area contributed by atoms with Crippen LogP contribution >= 0.6 is 0 Å². The number of nitrogens with one attached hydrogen (secondary N) is 1. The third-order valence-electron chi connectivity index (χ3n) is 5.62. The molecule has 3 atom stereocenters. The van der Waals surface area contributed by atoms with E-state index in [4.69, 9.17) is 14.2 Å². The van der Waals surface area contributed by atoms with Crippen molar-refractivity contribution in [2.45, 2.75) is 38.6 Å². The Morgan fingerprint density at radius 2 is 1.67 bits per heavy atom. The van der Waals surface area contributed by atoms with Gasteiger partial charge in [0.05, 0.1) is 26.1 Å². The van der Waals surface area contributed by atoms with Crippen molar-refractivity contribution in [3.05, 3.63) is 18.2 Å². The molecule has 3 amide bonds. The third-order valence-corrected chi connectivity index (χ3v) is 5.62. The Morgan fingerprint density at radius 3 is 2.23 bits per heavy atom. The zero-order valence-corrected chi connectivity index (χ0v) is 17.3. The highest BCUT2D eigenvalue weighted by atomic mass is 16.5. The number of anilines is 1. The number of methoxy groups -OCH3 is 2. The number of fused-ring (bicyclic) bond motifs is 1. The molecule has 0 bridgehead atoms. The highest BCUT2D eigenvalue weighted by molar-refractivity contribution is 6.08. The van der Waals surface area contributed by atoms with Crippen LogP contribution in [-0.4, -0.2) is 55.5 Å². The van der Waals surface area contributed by atoms with Crippen molar-refractivity contribution in [3.8, 4) is 11.5 Å². The molecule has 1 saturated carbocycles. The van der Waals surface area contributed by atoms with Crippen LogP contribution in [0.4, 0.5) is 5.69 Å². The number of nitrogens with zero attached hydrogens (tertiary/aromatic N) is 1. The van der Waals surface area contributed by atoms with Crippen molar-refractivity contribution in [2.24, 2.45) is 11.8 Å². The number of rotatable bonds is 7. The maximum absolute atomic E-state index is 12.6.